The lowest BCUT2D eigenvalue weighted by Crippen LogP contribution is -2.39. The normalized spacial score (nSPS) is 24.8. The minimum absolute atomic E-state index is 0.00580. The number of carbonyl (C=O) groups excluding carboxylic acids is 1. The lowest BCUT2D eigenvalue weighted by molar-refractivity contribution is 0.00998. The van der Waals surface area contributed by atoms with E-state index < -0.39 is 0 Å². The number of carbonyl (C=O) groups is 1. The zero-order valence-electron chi connectivity index (χ0n) is 14.9. The van der Waals surface area contributed by atoms with Crippen LogP contribution in [-0.4, -0.2) is 50.6 Å². The van der Waals surface area contributed by atoms with Crippen LogP contribution in [0.5, 0.6) is 0 Å². The van der Waals surface area contributed by atoms with Crippen molar-refractivity contribution in [3.05, 3.63) is 23.2 Å². The summed E-state index contributed by atoms with van der Waals surface area (Å²) in [7, 11) is 0. The topological polar surface area (TPSA) is 62.8 Å². The summed E-state index contributed by atoms with van der Waals surface area (Å²) in [5.41, 5.74) is 1.68. The van der Waals surface area contributed by atoms with E-state index in [2.05, 4.69) is 15.5 Å². The van der Waals surface area contributed by atoms with Crippen LogP contribution in [0.4, 0.5) is 16.2 Å². The van der Waals surface area contributed by atoms with Gasteiger partial charge in [0, 0.05) is 18.8 Å². The molecular formula is C19H26ClN3O3. The second kappa shape index (κ2) is 7.62. The summed E-state index contributed by atoms with van der Waals surface area (Å²) in [5.74, 6) is 0. The van der Waals surface area contributed by atoms with Gasteiger partial charge in [-0.3, -0.25) is 0 Å². The van der Waals surface area contributed by atoms with Crippen molar-refractivity contribution in [2.75, 3.05) is 43.1 Å². The van der Waals surface area contributed by atoms with E-state index in [0.717, 1.165) is 51.3 Å². The number of urea groups is 1. The molecule has 3 aliphatic rings. The van der Waals surface area contributed by atoms with Crippen molar-refractivity contribution in [1.82, 2.24) is 5.32 Å². The van der Waals surface area contributed by atoms with Gasteiger partial charge >= 0.3 is 6.03 Å². The van der Waals surface area contributed by atoms with Gasteiger partial charge < -0.3 is 25.0 Å². The molecule has 2 amide bonds. The number of amides is 2. The van der Waals surface area contributed by atoms with Gasteiger partial charge in [0.15, 0.2) is 0 Å². The number of halogens is 1. The van der Waals surface area contributed by atoms with Gasteiger partial charge in [-0.2, -0.15) is 0 Å². The molecule has 1 spiro atoms. The van der Waals surface area contributed by atoms with Gasteiger partial charge in [-0.1, -0.05) is 24.4 Å². The Morgan fingerprint density at radius 1 is 1.23 bits per heavy atom. The molecule has 26 heavy (non-hydrogen) atoms. The molecule has 0 radical (unpaired) electrons. The minimum Gasteiger partial charge on any atom is -0.378 e. The Kier molecular flexibility index (Phi) is 5.25. The maximum atomic E-state index is 12.4. The van der Waals surface area contributed by atoms with Crippen molar-refractivity contribution in [1.29, 1.82) is 0 Å². The van der Waals surface area contributed by atoms with Crippen molar-refractivity contribution in [3.8, 4) is 0 Å². The summed E-state index contributed by atoms with van der Waals surface area (Å²) < 4.78 is 11.4. The molecule has 7 heteroatoms. The van der Waals surface area contributed by atoms with Gasteiger partial charge in [-0.25, -0.2) is 4.79 Å². The number of ether oxygens (including phenoxy) is 2. The fourth-order valence-electron chi connectivity index (χ4n) is 4.28. The summed E-state index contributed by atoms with van der Waals surface area (Å²) in [6, 6.07) is 5.57. The molecule has 1 aromatic carbocycles. The van der Waals surface area contributed by atoms with E-state index in [0.29, 0.717) is 17.3 Å². The third kappa shape index (κ3) is 3.92. The molecule has 2 N–H and O–H groups in total. The number of hydrogen-bond donors (Lipinski definition) is 2. The Labute approximate surface area is 159 Å². The van der Waals surface area contributed by atoms with Gasteiger partial charge in [0.2, 0.25) is 0 Å². The number of morpholine rings is 1. The number of anilines is 2. The second-order valence-electron chi connectivity index (χ2n) is 7.46. The monoisotopic (exact) mass is 379 g/mol. The highest BCUT2D eigenvalue weighted by atomic mass is 35.5. The van der Waals surface area contributed by atoms with Crippen LogP contribution in [0.3, 0.4) is 0 Å². The smallest absolute Gasteiger partial charge is 0.319 e. The molecule has 0 aromatic heterocycles. The largest absolute Gasteiger partial charge is 0.378 e. The zero-order chi connectivity index (χ0) is 18.0. The Morgan fingerprint density at radius 2 is 2.00 bits per heavy atom. The van der Waals surface area contributed by atoms with Gasteiger partial charge in [0.05, 0.1) is 42.2 Å². The molecule has 1 aromatic rings. The number of nitrogens with zero attached hydrogens (tertiary/aromatic N) is 1. The molecule has 2 heterocycles. The predicted octanol–water partition coefficient (Wildman–Crippen LogP) is 3.40. The van der Waals surface area contributed by atoms with Crippen LogP contribution in [0.15, 0.2) is 18.2 Å². The number of benzene rings is 1. The van der Waals surface area contributed by atoms with E-state index in [1.54, 1.807) is 0 Å². The van der Waals surface area contributed by atoms with Crippen LogP contribution in [0.25, 0.3) is 0 Å². The van der Waals surface area contributed by atoms with Crippen LogP contribution in [-0.2, 0) is 9.47 Å². The third-order valence-corrected chi connectivity index (χ3v) is 5.96. The highest BCUT2D eigenvalue weighted by Crippen LogP contribution is 2.40. The first-order valence-electron chi connectivity index (χ1n) is 9.47. The molecular weight excluding hydrogens is 354 g/mol. The highest BCUT2D eigenvalue weighted by molar-refractivity contribution is 6.33. The fraction of sp³-hybridized carbons (Fsp3) is 0.632. The first-order chi connectivity index (χ1) is 12.6. The summed E-state index contributed by atoms with van der Waals surface area (Å²) in [5, 5.41) is 6.47. The van der Waals surface area contributed by atoms with Gasteiger partial charge in [0.1, 0.15) is 0 Å². The molecule has 1 saturated carbocycles. The van der Waals surface area contributed by atoms with E-state index in [1.807, 2.05) is 18.2 Å². The molecule has 142 valence electrons. The van der Waals surface area contributed by atoms with Crippen molar-refractivity contribution < 1.29 is 14.3 Å². The SMILES string of the molecule is O=C(Nc1cc(N2CCOCC2)ccc1Cl)N[C@H]1COC2(CCCC2)C1. The molecule has 2 aliphatic heterocycles. The average molecular weight is 380 g/mol. The summed E-state index contributed by atoms with van der Waals surface area (Å²) >= 11 is 6.28. The second-order valence-corrected chi connectivity index (χ2v) is 7.87. The van der Waals surface area contributed by atoms with Crippen LogP contribution in [0.1, 0.15) is 32.1 Å². The van der Waals surface area contributed by atoms with Crippen molar-refractivity contribution in [2.45, 2.75) is 43.7 Å². The first-order valence-corrected chi connectivity index (χ1v) is 9.85. The number of hydrogen-bond acceptors (Lipinski definition) is 4. The van der Waals surface area contributed by atoms with Crippen molar-refractivity contribution >= 4 is 29.0 Å². The average Bonchev–Trinajstić information content (AvgIpc) is 3.27. The van der Waals surface area contributed by atoms with Crippen LogP contribution in [0.2, 0.25) is 5.02 Å². The standard InChI is InChI=1S/C19H26ClN3O3/c20-16-4-3-15(23-7-9-25-10-8-23)11-17(16)22-18(24)21-14-12-19(26-13-14)5-1-2-6-19/h3-4,11,14H,1-2,5-10,12-13H2,(H2,21,22,24)/t14-/m1/s1. The van der Waals surface area contributed by atoms with E-state index in [-0.39, 0.29) is 17.7 Å². The Bertz CT molecular complexity index is 657. The fourth-order valence-corrected chi connectivity index (χ4v) is 4.44. The van der Waals surface area contributed by atoms with Gasteiger partial charge in [-0.05, 0) is 37.5 Å². The number of nitrogens with one attached hydrogen (secondary N) is 2. The molecule has 6 nitrogen and oxygen atoms in total. The summed E-state index contributed by atoms with van der Waals surface area (Å²) in [4.78, 5) is 14.7. The van der Waals surface area contributed by atoms with E-state index in [4.69, 9.17) is 21.1 Å². The maximum absolute atomic E-state index is 12.4. The highest BCUT2D eigenvalue weighted by Gasteiger charge is 2.42. The summed E-state index contributed by atoms with van der Waals surface area (Å²) in [6.45, 7) is 3.71. The van der Waals surface area contributed by atoms with Gasteiger partial charge in [-0.15, -0.1) is 0 Å². The van der Waals surface area contributed by atoms with E-state index in [1.165, 1.54) is 12.8 Å². The first kappa shape index (κ1) is 17.9. The Hall–Kier alpha value is -1.50. The predicted molar refractivity (Wildman–Crippen MR) is 102 cm³/mol. The molecule has 3 fully saturated rings. The van der Waals surface area contributed by atoms with Crippen molar-refractivity contribution in [3.63, 3.8) is 0 Å². The van der Waals surface area contributed by atoms with E-state index >= 15 is 0 Å². The molecule has 4 rings (SSSR count). The Morgan fingerprint density at radius 3 is 2.77 bits per heavy atom. The van der Waals surface area contributed by atoms with Crippen LogP contribution in [0, 0.1) is 0 Å². The van der Waals surface area contributed by atoms with Gasteiger partial charge in [0.25, 0.3) is 0 Å². The molecule has 1 aliphatic carbocycles. The Balaban J connectivity index is 1.36. The molecule has 2 saturated heterocycles. The quantitative estimate of drug-likeness (QED) is 0.844. The minimum atomic E-state index is -0.227. The van der Waals surface area contributed by atoms with E-state index in [9.17, 15) is 4.79 Å². The van der Waals surface area contributed by atoms with Crippen LogP contribution < -0.4 is 15.5 Å². The molecule has 1 atom stereocenters. The lowest BCUT2D eigenvalue weighted by Gasteiger charge is -2.29. The molecule has 0 unspecified atom stereocenters. The van der Waals surface area contributed by atoms with Crippen molar-refractivity contribution in [2.24, 2.45) is 0 Å². The third-order valence-electron chi connectivity index (χ3n) is 5.63. The summed E-state index contributed by atoms with van der Waals surface area (Å²) in [6.07, 6.45) is 5.58. The molecule has 0 bridgehead atoms. The maximum Gasteiger partial charge on any atom is 0.319 e. The lowest BCUT2D eigenvalue weighted by atomic mass is 9.96. The zero-order valence-corrected chi connectivity index (χ0v) is 15.7. The van der Waals surface area contributed by atoms with Crippen LogP contribution >= 0.6 is 11.6 Å². The number of rotatable bonds is 3.